The molecule has 20 heavy (non-hydrogen) atoms. The van der Waals surface area contributed by atoms with Gasteiger partial charge in [-0.2, -0.15) is 5.10 Å². The molecular formula is C16H22N4. The van der Waals surface area contributed by atoms with Crippen molar-refractivity contribution in [3.8, 4) is 0 Å². The molecule has 0 aliphatic carbocycles. The fraction of sp³-hybridized carbons (Fsp3) is 0.438. The predicted molar refractivity (Wildman–Crippen MR) is 81.6 cm³/mol. The van der Waals surface area contributed by atoms with Gasteiger partial charge in [-0.1, -0.05) is 18.2 Å². The van der Waals surface area contributed by atoms with Crippen molar-refractivity contribution in [1.29, 1.82) is 0 Å². The van der Waals surface area contributed by atoms with Crippen LogP contribution >= 0.6 is 0 Å². The summed E-state index contributed by atoms with van der Waals surface area (Å²) in [5.41, 5.74) is 10.1. The summed E-state index contributed by atoms with van der Waals surface area (Å²) in [6, 6.07) is 8.68. The number of nitrogens with two attached hydrogens (primary N) is 1. The lowest BCUT2D eigenvalue weighted by atomic mass is 10.0. The molecule has 1 atom stereocenters. The maximum Gasteiger partial charge on any atom is 0.0539 e. The van der Waals surface area contributed by atoms with Gasteiger partial charge in [-0.3, -0.25) is 4.68 Å². The van der Waals surface area contributed by atoms with Crippen molar-refractivity contribution < 1.29 is 0 Å². The lowest BCUT2D eigenvalue weighted by Crippen LogP contribution is -2.23. The number of benzene rings is 1. The van der Waals surface area contributed by atoms with E-state index in [1.54, 1.807) is 0 Å². The van der Waals surface area contributed by atoms with Crippen LogP contribution in [0.25, 0.3) is 0 Å². The molecule has 2 heterocycles. The maximum absolute atomic E-state index is 6.28. The fourth-order valence-electron chi connectivity index (χ4n) is 2.91. The van der Waals surface area contributed by atoms with Crippen LogP contribution in [0.2, 0.25) is 0 Å². The van der Waals surface area contributed by atoms with Crippen molar-refractivity contribution in [3.05, 3.63) is 47.8 Å². The zero-order chi connectivity index (χ0) is 13.9. The van der Waals surface area contributed by atoms with Crippen molar-refractivity contribution in [1.82, 2.24) is 9.78 Å². The molecule has 1 aliphatic rings. The Morgan fingerprint density at radius 2 is 2.20 bits per heavy atom. The summed E-state index contributed by atoms with van der Waals surface area (Å²) in [6.45, 7) is 4.99. The van der Waals surface area contributed by atoms with E-state index in [-0.39, 0.29) is 6.04 Å². The molecule has 0 spiro atoms. The molecule has 1 aromatic heterocycles. The van der Waals surface area contributed by atoms with E-state index in [0.29, 0.717) is 0 Å². The minimum Gasteiger partial charge on any atom is -0.367 e. The van der Waals surface area contributed by atoms with E-state index < -0.39 is 0 Å². The van der Waals surface area contributed by atoms with Crippen LogP contribution in [0, 0.1) is 0 Å². The van der Waals surface area contributed by atoms with Crippen LogP contribution in [-0.2, 0) is 13.1 Å². The van der Waals surface area contributed by atoms with Gasteiger partial charge < -0.3 is 10.6 Å². The summed E-state index contributed by atoms with van der Waals surface area (Å²) in [5.74, 6) is 0. The minimum absolute atomic E-state index is 0.162. The van der Waals surface area contributed by atoms with E-state index in [1.807, 2.05) is 10.9 Å². The Balaban J connectivity index is 1.87. The number of rotatable bonds is 3. The molecule has 4 nitrogen and oxygen atoms in total. The zero-order valence-electron chi connectivity index (χ0n) is 12.0. The Kier molecular flexibility index (Phi) is 3.74. The van der Waals surface area contributed by atoms with Crippen molar-refractivity contribution in [3.63, 3.8) is 0 Å². The molecular weight excluding hydrogens is 248 g/mol. The van der Waals surface area contributed by atoms with E-state index in [0.717, 1.165) is 32.5 Å². The van der Waals surface area contributed by atoms with Gasteiger partial charge in [0.2, 0.25) is 0 Å². The summed E-state index contributed by atoms with van der Waals surface area (Å²) in [6.07, 6.45) is 6.30. The first kappa shape index (κ1) is 13.2. The summed E-state index contributed by atoms with van der Waals surface area (Å²) in [7, 11) is 0. The van der Waals surface area contributed by atoms with Gasteiger partial charge >= 0.3 is 0 Å². The summed E-state index contributed by atoms with van der Waals surface area (Å²) in [5, 5.41) is 4.36. The number of anilines is 1. The molecule has 0 fully saturated rings. The molecule has 1 aromatic carbocycles. The highest BCUT2D eigenvalue weighted by molar-refractivity contribution is 5.56. The fourth-order valence-corrected chi connectivity index (χ4v) is 2.91. The second-order valence-corrected chi connectivity index (χ2v) is 5.43. The third-order valence-corrected chi connectivity index (χ3v) is 4.00. The van der Waals surface area contributed by atoms with Gasteiger partial charge in [-0.25, -0.2) is 0 Å². The van der Waals surface area contributed by atoms with Crippen LogP contribution < -0.4 is 10.6 Å². The lowest BCUT2D eigenvalue weighted by Gasteiger charge is -2.24. The summed E-state index contributed by atoms with van der Waals surface area (Å²) in [4.78, 5) is 2.43. The van der Waals surface area contributed by atoms with Crippen molar-refractivity contribution in [2.45, 2.75) is 38.9 Å². The topological polar surface area (TPSA) is 47.1 Å². The number of fused-ring (bicyclic) bond motifs is 1. The van der Waals surface area contributed by atoms with Gasteiger partial charge in [0.05, 0.1) is 6.20 Å². The highest BCUT2D eigenvalue weighted by atomic mass is 15.3. The molecule has 0 saturated carbocycles. The average molecular weight is 270 g/mol. The predicted octanol–water partition coefficient (Wildman–Crippen LogP) is 2.70. The van der Waals surface area contributed by atoms with Gasteiger partial charge in [0.25, 0.3) is 0 Å². The van der Waals surface area contributed by atoms with E-state index in [4.69, 9.17) is 5.73 Å². The molecule has 0 amide bonds. The largest absolute Gasteiger partial charge is 0.367 e. The van der Waals surface area contributed by atoms with Crippen molar-refractivity contribution in [2.24, 2.45) is 5.73 Å². The van der Waals surface area contributed by atoms with Crippen LogP contribution in [0.3, 0.4) is 0 Å². The third kappa shape index (κ3) is 2.56. The smallest absolute Gasteiger partial charge is 0.0539 e. The van der Waals surface area contributed by atoms with Crippen molar-refractivity contribution in [2.75, 3.05) is 11.4 Å². The van der Waals surface area contributed by atoms with Crippen LogP contribution in [0.15, 0.2) is 36.7 Å². The first-order valence-electron chi connectivity index (χ1n) is 7.38. The lowest BCUT2D eigenvalue weighted by molar-refractivity contribution is 0.626. The molecule has 1 unspecified atom stereocenters. The molecule has 0 saturated heterocycles. The third-order valence-electron chi connectivity index (χ3n) is 4.00. The quantitative estimate of drug-likeness (QED) is 0.933. The average Bonchev–Trinajstić information content (AvgIpc) is 2.87. The standard InChI is InChI=1S/C16H22N4/c1-2-20-12-13(10-18-20)11-19-9-5-7-15(17)14-6-3-4-8-16(14)19/h3-4,6,8,10,12,15H,2,5,7,9,11,17H2,1H3. The summed E-state index contributed by atoms with van der Waals surface area (Å²) < 4.78 is 1.98. The van der Waals surface area contributed by atoms with Crippen LogP contribution in [-0.4, -0.2) is 16.3 Å². The number of hydrogen-bond acceptors (Lipinski definition) is 3. The van der Waals surface area contributed by atoms with Crippen molar-refractivity contribution >= 4 is 5.69 Å². The number of para-hydroxylation sites is 1. The molecule has 4 heteroatoms. The first-order valence-corrected chi connectivity index (χ1v) is 7.38. The number of hydrogen-bond donors (Lipinski definition) is 1. The van der Waals surface area contributed by atoms with Crippen LogP contribution in [0.1, 0.15) is 36.9 Å². The second kappa shape index (κ2) is 5.67. The normalized spacial score (nSPS) is 18.7. The SMILES string of the molecule is CCn1cc(CN2CCCC(N)c3ccccc32)cn1. The number of aryl methyl sites for hydroxylation is 1. The Morgan fingerprint density at radius 1 is 1.35 bits per heavy atom. The van der Waals surface area contributed by atoms with Gasteiger partial charge in [-0.05, 0) is 31.4 Å². The summed E-state index contributed by atoms with van der Waals surface area (Å²) >= 11 is 0. The molecule has 2 N–H and O–H groups in total. The van der Waals surface area contributed by atoms with Gasteiger partial charge in [-0.15, -0.1) is 0 Å². The van der Waals surface area contributed by atoms with Gasteiger partial charge in [0, 0.05) is 43.1 Å². The van der Waals surface area contributed by atoms with E-state index in [1.165, 1.54) is 16.8 Å². The number of aromatic nitrogens is 2. The molecule has 2 aromatic rings. The minimum atomic E-state index is 0.162. The van der Waals surface area contributed by atoms with Crippen LogP contribution in [0.5, 0.6) is 0 Å². The maximum atomic E-state index is 6.28. The highest BCUT2D eigenvalue weighted by Crippen LogP contribution is 2.32. The number of nitrogens with zero attached hydrogens (tertiary/aromatic N) is 3. The molecule has 3 rings (SSSR count). The monoisotopic (exact) mass is 270 g/mol. The Hall–Kier alpha value is -1.81. The van der Waals surface area contributed by atoms with Gasteiger partial charge in [0.15, 0.2) is 0 Å². The van der Waals surface area contributed by atoms with Gasteiger partial charge in [0.1, 0.15) is 0 Å². The second-order valence-electron chi connectivity index (χ2n) is 5.43. The molecule has 1 aliphatic heterocycles. The molecule has 106 valence electrons. The molecule has 0 radical (unpaired) electrons. The highest BCUT2D eigenvalue weighted by Gasteiger charge is 2.20. The first-order chi connectivity index (χ1) is 9.78. The molecule has 0 bridgehead atoms. The Labute approximate surface area is 120 Å². The Bertz CT molecular complexity index is 575. The van der Waals surface area contributed by atoms with Crippen LogP contribution in [0.4, 0.5) is 5.69 Å². The van der Waals surface area contributed by atoms with E-state index in [9.17, 15) is 0 Å². The Morgan fingerprint density at radius 3 is 3.00 bits per heavy atom. The van der Waals surface area contributed by atoms with E-state index in [2.05, 4.69) is 47.4 Å². The van der Waals surface area contributed by atoms with E-state index >= 15 is 0 Å². The zero-order valence-corrected chi connectivity index (χ0v) is 12.0.